The first kappa shape index (κ1) is 48.8. The summed E-state index contributed by atoms with van der Waals surface area (Å²) < 4.78 is 40.3. The Morgan fingerprint density at radius 1 is 0.593 bits per heavy atom. The molecule has 2 aromatic carbocycles. The first-order chi connectivity index (χ1) is 27.3. The third-order valence-electron chi connectivity index (χ3n) is 7.68. The molecular weight excluding hydrogens is 787 g/mol. The van der Waals surface area contributed by atoms with E-state index in [1.165, 1.54) is 38.1 Å². The molecule has 0 spiro atoms. The molecule has 4 unspecified atom stereocenters. The third-order valence-corrected chi connectivity index (χ3v) is 7.68. The quantitative estimate of drug-likeness (QED) is 0.135. The summed E-state index contributed by atoms with van der Waals surface area (Å²) in [4.78, 5) is 93.5. The van der Waals surface area contributed by atoms with Gasteiger partial charge in [-0.3, -0.25) is 23.9 Å². The molecule has 0 aromatic heterocycles. The van der Waals surface area contributed by atoms with Crippen LogP contribution in [0.5, 0.6) is 23.0 Å². The van der Waals surface area contributed by atoms with E-state index in [0.29, 0.717) is 18.4 Å². The summed E-state index contributed by atoms with van der Waals surface area (Å²) in [7, 11) is 0. The van der Waals surface area contributed by atoms with Gasteiger partial charge in [0, 0.05) is 26.9 Å². The summed E-state index contributed by atoms with van der Waals surface area (Å²) >= 11 is 0. The summed E-state index contributed by atoms with van der Waals surface area (Å²) in [5.74, 6) is -3.92. The summed E-state index contributed by atoms with van der Waals surface area (Å²) in [6.07, 6.45) is -3.30. The lowest BCUT2D eigenvalue weighted by molar-refractivity contribution is -0.169. The minimum atomic E-state index is -1.09. The number of alkyl carbamates (subject to hydrolysis) is 2. The lowest BCUT2D eigenvalue weighted by atomic mass is 10.1. The Morgan fingerprint density at radius 3 is 1.36 bits per heavy atom. The van der Waals surface area contributed by atoms with E-state index in [2.05, 4.69) is 10.6 Å². The van der Waals surface area contributed by atoms with E-state index >= 15 is 0 Å². The molecule has 2 aliphatic heterocycles. The largest absolute Gasteiger partial charge is 0.425 e. The number of halogens is 1. The van der Waals surface area contributed by atoms with E-state index in [1.54, 1.807) is 39.8 Å². The second-order valence-corrected chi connectivity index (χ2v) is 13.5. The summed E-state index contributed by atoms with van der Waals surface area (Å²) in [6.45, 7) is 9.98. The number of hydrogen-bond donors (Lipinski definition) is 4. The number of carbonyl (C=O) groups excluding carboxylic acids is 8. The lowest BCUT2D eigenvalue weighted by Gasteiger charge is -2.18. The fourth-order valence-corrected chi connectivity index (χ4v) is 4.62. The van der Waals surface area contributed by atoms with Crippen molar-refractivity contribution in [2.75, 3.05) is 13.1 Å². The van der Waals surface area contributed by atoms with Gasteiger partial charge >= 0.3 is 48.0 Å². The number of nitrogens with one attached hydrogen (secondary N) is 2. The number of ether oxygens (including phenoxy) is 8. The highest BCUT2D eigenvalue weighted by molar-refractivity contribution is 5.88. The van der Waals surface area contributed by atoms with Gasteiger partial charge in [-0.25, -0.2) is 19.2 Å². The van der Waals surface area contributed by atoms with Crippen molar-refractivity contribution in [1.29, 1.82) is 0 Å². The predicted molar refractivity (Wildman–Crippen MR) is 200 cm³/mol. The van der Waals surface area contributed by atoms with Crippen LogP contribution in [0.1, 0.15) is 65.5 Å². The van der Waals surface area contributed by atoms with Gasteiger partial charge in [0.2, 0.25) is 12.6 Å². The fourth-order valence-electron chi connectivity index (χ4n) is 4.62. The number of carbonyl (C=O) groups is 8. The van der Waals surface area contributed by atoms with Crippen LogP contribution in [0, 0.1) is 11.8 Å². The van der Waals surface area contributed by atoms with E-state index < -0.39 is 72.7 Å². The van der Waals surface area contributed by atoms with E-state index in [0.717, 1.165) is 5.56 Å². The van der Waals surface area contributed by atoms with Gasteiger partial charge in [0.15, 0.2) is 23.0 Å². The molecule has 0 saturated heterocycles. The minimum absolute atomic E-state index is 0. The van der Waals surface area contributed by atoms with Gasteiger partial charge < -0.3 is 60.0 Å². The van der Waals surface area contributed by atoms with Crippen LogP contribution in [-0.2, 0) is 60.6 Å². The van der Waals surface area contributed by atoms with E-state index in [1.807, 2.05) is 0 Å². The molecule has 0 saturated carbocycles. The van der Waals surface area contributed by atoms with Crippen molar-refractivity contribution in [2.45, 2.75) is 91.9 Å². The van der Waals surface area contributed by atoms with E-state index in [4.69, 9.17) is 49.4 Å². The molecule has 21 heteroatoms. The van der Waals surface area contributed by atoms with Crippen molar-refractivity contribution in [3.8, 4) is 23.0 Å². The number of rotatable bonds is 12. The molecular formula is C38H49FN4O16. The van der Waals surface area contributed by atoms with Crippen LogP contribution < -0.4 is 41.0 Å². The van der Waals surface area contributed by atoms with Crippen LogP contribution >= 0.6 is 0 Å². The van der Waals surface area contributed by atoms with Gasteiger partial charge in [-0.05, 0) is 48.2 Å². The molecule has 2 amide bonds. The molecule has 4 rings (SSSR count). The number of nitrogens with two attached hydrogens (primary N) is 2. The Bertz CT molecular complexity index is 1860. The predicted octanol–water partition coefficient (Wildman–Crippen LogP) is 2.24. The Labute approximate surface area is 338 Å². The van der Waals surface area contributed by atoms with Crippen molar-refractivity contribution in [3.05, 3.63) is 47.5 Å². The summed E-state index contributed by atoms with van der Waals surface area (Å²) in [6, 6.07) is 7.21. The van der Waals surface area contributed by atoms with Gasteiger partial charge in [0.1, 0.15) is 12.1 Å². The maximum atomic E-state index is 11.8. The Kier molecular flexibility index (Phi) is 19.1. The van der Waals surface area contributed by atoms with Gasteiger partial charge in [-0.15, -0.1) is 0 Å². The number of esters is 6. The zero-order valence-electron chi connectivity index (χ0n) is 33.3. The molecule has 2 heterocycles. The number of benzene rings is 2. The number of amides is 2. The Morgan fingerprint density at radius 2 is 0.949 bits per heavy atom. The van der Waals surface area contributed by atoms with Crippen molar-refractivity contribution in [3.63, 3.8) is 0 Å². The SMILES string of the molecule is CC(OC(=O)NCCc1ccc2c(c1)OC(=O)C(N)CC(=O)O2)OC(=O)C(C)C.CC(OC(=O)NCCc1ccc2c(c1)OC(=O)CC(N)C(=O)O2)OC(=O)C(C)C.F. The first-order valence-corrected chi connectivity index (χ1v) is 18.2. The average Bonchev–Trinajstić information content (AvgIpc) is 3.12. The first-order valence-electron chi connectivity index (χ1n) is 18.2. The van der Waals surface area contributed by atoms with Crippen molar-refractivity contribution < 1.29 is 81.0 Å². The molecule has 6 N–H and O–H groups in total. The zero-order valence-corrected chi connectivity index (χ0v) is 33.3. The average molecular weight is 837 g/mol. The van der Waals surface area contributed by atoms with E-state index in [9.17, 15) is 38.4 Å². The van der Waals surface area contributed by atoms with Crippen molar-refractivity contribution >= 4 is 48.0 Å². The monoisotopic (exact) mass is 836 g/mol. The molecule has 324 valence electrons. The highest BCUT2D eigenvalue weighted by Gasteiger charge is 2.28. The van der Waals surface area contributed by atoms with Crippen LogP contribution in [0.15, 0.2) is 36.4 Å². The molecule has 0 bridgehead atoms. The van der Waals surface area contributed by atoms with E-state index in [-0.39, 0.29) is 65.5 Å². The normalized spacial score (nSPS) is 16.9. The van der Waals surface area contributed by atoms with Crippen LogP contribution in [0.3, 0.4) is 0 Å². The number of fused-ring (bicyclic) bond motifs is 2. The molecule has 20 nitrogen and oxygen atoms in total. The molecule has 2 aliphatic rings. The fraction of sp³-hybridized carbons (Fsp3) is 0.474. The highest BCUT2D eigenvalue weighted by Crippen LogP contribution is 2.32. The maximum absolute atomic E-state index is 11.8. The van der Waals surface area contributed by atoms with Gasteiger partial charge in [-0.2, -0.15) is 0 Å². The summed E-state index contributed by atoms with van der Waals surface area (Å²) in [5.41, 5.74) is 12.5. The molecule has 59 heavy (non-hydrogen) atoms. The molecule has 4 atom stereocenters. The van der Waals surface area contributed by atoms with Gasteiger partial charge in [0.05, 0.1) is 24.7 Å². The lowest BCUT2D eigenvalue weighted by Crippen LogP contribution is -2.38. The van der Waals surface area contributed by atoms with Crippen molar-refractivity contribution in [2.24, 2.45) is 23.3 Å². The maximum Gasteiger partial charge on any atom is 0.410 e. The van der Waals surface area contributed by atoms with Crippen LogP contribution in [0.2, 0.25) is 0 Å². The summed E-state index contributed by atoms with van der Waals surface area (Å²) in [5, 5.41) is 5.05. The second-order valence-electron chi connectivity index (χ2n) is 13.5. The van der Waals surface area contributed by atoms with Gasteiger partial charge in [-0.1, -0.05) is 39.8 Å². The smallest absolute Gasteiger partial charge is 0.410 e. The second kappa shape index (κ2) is 23.2. The zero-order chi connectivity index (χ0) is 43.1. The molecule has 0 fully saturated rings. The number of hydrogen-bond acceptors (Lipinski definition) is 18. The minimum Gasteiger partial charge on any atom is -0.425 e. The van der Waals surface area contributed by atoms with Crippen LogP contribution in [0.4, 0.5) is 14.3 Å². The van der Waals surface area contributed by atoms with Crippen LogP contribution in [-0.4, -0.2) is 85.8 Å². The van der Waals surface area contributed by atoms with Crippen molar-refractivity contribution in [1.82, 2.24) is 10.6 Å². The topological polar surface area (TPSA) is 286 Å². The molecule has 2 aromatic rings. The standard InChI is InChI=1S/2C19H24N2O8.FH/c1-10(2)17(23)26-11(3)27-19(25)21-7-6-12-4-5-14-15(8-12)28-16(22)9-13(20)18(24)29-14;1-10(2)17(23)26-11(3)27-19(25)21-7-6-12-4-5-14-15(8-12)29-18(24)13(20)9-16(22)28-14;/h2*4-5,8,10-11,13H,6-7,9,20H2,1-3H3,(H,21,25);1H. The third kappa shape index (κ3) is 16.6. The highest BCUT2D eigenvalue weighted by atomic mass is 19.0. The van der Waals surface area contributed by atoms with Crippen LogP contribution in [0.25, 0.3) is 0 Å². The Balaban J connectivity index is 0.000000400. The molecule has 0 aliphatic carbocycles. The van der Waals surface area contributed by atoms with Gasteiger partial charge in [0.25, 0.3) is 0 Å². The molecule has 0 radical (unpaired) electrons. The Hall–Kier alpha value is -6.35.